The van der Waals surface area contributed by atoms with Crippen molar-refractivity contribution in [3.63, 3.8) is 0 Å². The second-order valence-electron chi connectivity index (χ2n) is 8.98. The summed E-state index contributed by atoms with van der Waals surface area (Å²) in [5.41, 5.74) is 3.07. The molecule has 1 fully saturated rings. The summed E-state index contributed by atoms with van der Waals surface area (Å²) in [5.74, 6) is 2.04. The van der Waals surface area contributed by atoms with Crippen molar-refractivity contribution in [2.75, 3.05) is 25.0 Å². The van der Waals surface area contributed by atoms with E-state index in [1.54, 1.807) is 6.26 Å². The van der Waals surface area contributed by atoms with Crippen molar-refractivity contribution in [3.05, 3.63) is 47.0 Å². The number of aryl methyl sites for hydroxylation is 2. The van der Waals surface area contributed by atoms with Gasteiger partial charge in [-0.1, -0.05) is 13.8 Å². The minimum absolute atomic E-state index is 0.0974. The van der Waals surface area contributed by atoms with Crippen LogP contribution in [0, 0.1) is 5.92 Å². The van der Waals surface area contributed by atoms with Crippen molar-refractivity contribution in [2.24, 2.45) is 5.92 Å². The molecule has 0 spiro atoms. The Bertz CT molecular complexity index is 841. The van der Waals surface area contributed by atoms with Crippen molar-refractivity contribution in [3.8, 4) is 0 Å². The first kappa shape index (κ1) is 20.9. The highest BCUT2D eigenvalue weighted by Crippen LogP contribution is 2.27. The number of hydrogen-bond acceptors (Lipinski definition) is 5. The van der Waals surface area contributed by atoms with Gasteiger partial charge in [0.2, 0.25) is 0 Å². The van der Waals surface area contributed by atoms with Crippen LogP contribution >= 0.6 is 0 Å². The van der Waals surface area contributed by atoms with E-state index >= 15 is 0 Å². The zero-order valence-electron chi connectivity index (χ0n) is 18.2. The van der Waals surface area contributed by atoms with E-state index in [1.165, 1.54) is 12.0 Å². The molecule has 2 aromatic rings. The van der Waals surface area contributed by atoms with E-state index in [4.69, 9.17) is 9.40 Å². The van der Waals surface area contributed by atoms with Crippen molar-refractivity contribution in [1.82, 2.24) is 15.2 Å². The number of nitrogens with one attached hydrogen (secondary N) is 2. The Morgan fingerprint density at radius 2 is 2.20 bits per heavy atom. The zero-order valence-corrected chi connectivity index (χ0v) is 18.2. The molecule has 1 aliphatic heterocycles. The molecule has 1 amide bonds. The van der Waals surface area contributed by atoms with E-state index in [0.29, 0.717) is 23.8 Å². The van der Waals surface area contributed by atoms with E-state index < -0.39 is 0 Å². The van der Waals surface area contributed by atoms with Gasteiger partial charge in [-0.25, -0.2) is 4.98 Å². The number of rotatable bonds is 7. The highest BCUT2D eigenvalue weighted by Gasteiger charge is 2.29. The molecule has 6 heteroatoms. The molecule has 0 saturated carbocycles. The highest BCUT2D eigenvalue weighted by molar-refractivity contribution is 5.99. The topological polar surface area (TPSA) is 70.4 Å². The number of fused-ring (bicyclic) bond motifs is 1. The maximum atomic E-state index is 13.8. The minimum Gasteiger partial charge on any atom is -0.467 e. The van der Waals surface area contributed by atoms with E-state index in [1.807, 2.05) is 12.1 Å². The Labute approximate surface area is 179 Å². The maximum Gasteiger partial charge on any atom is 0.257 e. The summed E-state index contributed by atoms with van der Waals surface area (Å²) in [5, 5.41) is 6.86. The third kappa shape index (κ3) is 4.86. The predicted octanol–water partition coefficient (Wildman–Crippen LogP) is 4.02. The van der Waals surface area contributed by atoms with Crippen molar-refractivity contribution >= 4 is 11.7 Å². The molecule has 1 aliphatic carbocycles. The van der Waals surface area contributed by atoms with Crippen LogP contribution in [0.2, 0.25) is 0 Å². The summed E-state index contributed by atoms with van der Waals surface area (Å²) < 4.78 is 5.47. The van der Waals surface area contributed by atoms with Crippen LogP contribution in [0.3, 0.4) is 0 Å². The van der Waals surface area contributed by atoms with Crippen LogP contribution in [-0.4, -0.2) is 41.5 Å². The zero-order chi connectivity index (χ0) is 20.9. The molecule has 2 N–H and O–H groups in total. The number of anilines is 1. The molecule has 30 heavy (non-hydrogen) atoms. The van der Waals surface area contributed by atoms with Gasteiger partial charge in [-0.15, -0.1) is 0 Å². The molecular weight excluding hydrogens is 376 g/mol. The smallest absolute Gasteiger partial charge is 0.257 e. The molecule has 2 aliphatic rings. The molecule has 0 radical (unpaired) electrons. The van der Waals surface area contributed by atoms with Gasteiger partial charge in [-0.2, -0.15) is 0 Å². The van der Waals surface area contributed by atoms with Crippen LogP contribution in [-0.2, 0) is 19.4 Å². The van der Waals surface area contributed by atoms with Crippen molar-refractivity contribution in [2.45, 2.75) is 65.0 Å². The van der Waals surface area contributed by atoms with Gasteiger partial charge in [-0.05, 0) is 74.8 Å². The van der Waals surface area contributed by atoms with Gasteiger partial charge in [0.1, 0.15) is 11.6 Å². The SMILES string of the molecule is CC(C)CN(C(=O)c1cc2c(nc1NCc1ccco1)CCCC2)C1CCCNC1. The summed E-state index contributed by atoms with van der Waals surface area (Å²) in [6.07, 6.45) is 8.17. The number of pyridine rings is 1. The molecule has 0 bridgehead atoms. The number of furan rings is 1. The van der Waals surface area contributed by atoms with Gasteiger partial charge in [0.05, 0.1) is 18.4 Å². The standard InChI is InChI=1S/C24H34N4O2/c1-17(2)16-28(19-8-5-11-25-14-19)24(29)21-13-18-7-3-4-10-22(18)27-23(21)26-15-20-9-6-12-30-20/h6,9,12-13,17,19,25H,3-5,7-8,10-11,14-16H2,1-2H3,(H,26,27). The number of carbonyl (C=O) groups is 1. The molecule has 1 atom stereocenters. The highest BCUT2D eigenvalue weighted by atomic mass is 16.3. The summed E-state index contributed by atoms with van der Waals surface area (Å²) in [6, 6.07) is 6.16. The van der Waals surface area contributed by atoms with Gasteiger partial charge in [0.15, 0.2) is 0 Å². The molecule has 1 saturated heterocycles. The Morgan fingerprint density at radius 3 is 2.93 bits per heavy atom. The first-order valence-electron chi connectivity index (χ1n) is 11.4. The van der Waals surface area contributed by atoms with E-state index in [2.05, 4.69) is 35.4 Å². The predicted molar refractivity (Wildman–Crippen MR) is 119 cm³/mol. The fourth-order valence-electron chi connectivity index (χ4n) is 4.56. The van der Waals surface area contributed by atoms with Gasteiger partial charge in [-0.3, -0.25) is 4.79 Å². The molecule has 2 aromatic heterocycles. The number of nitrogens with zero attached hydrogens (tertiary/aromatic N) is 2. The van der Waals surface area contributed by atoms with E-state index in [-0.39, 0.29) is 11.9 Å². The second kappa shape index (κ2) is 9.65. The third-order valence-corrected chi connectivity index (χ3v) is 6.08. The second-order valence-corrected chi connectivity index (χ2v) is 8.98. The van der Waals surface area contributed by atoms with Gasteiger partial charge in [0, 0.05) is 24.8 Å². The van der Waals surface area contributed by atoms with Gasteiger partial charge < -0.3 is 20.0 Å². The summed E-state index contributed by atoms with van der Waals surface area (Å²) >= 11 is 0. The Balaban J connectivity index is 1.65. The average Bonchev–Trinajstić information content (AvgIpc) is 3.29. The molecule has 162 valence electrons. The van der Waals surface area contributed by atoms with E-state index in [0.717, 1.165) is 63.2 Å². The number of carbonyl (C=O) groups excluding carboxylic acids is 1. The Morgan fingerprint density at radius 1 is 1.33 bits per heavy atom. The molecule has 4 rings (SSSR count). The fraction of sp³-hybridized carbons (Fsp3) is 0.583. The largest absolute Gasteiger partial charge is 0.467 e. The lowest BCUT2D eigenvalue weighted by molar-refractivity contribution is 0.0620. The summed E-state index contributed by atoms with van der Waals surface area (Å²) in [6.45, 7) is 7.55. The third-order valence-electron chi connectivity index (χ3n) is 6.08. The number of amides is 1. The quantitative estimate of drug-likeness (QED) is 0.722. The maximum absolute atomic E-state index is 13.8. The van der Waals surface area contributed by atoms with Crippen LogP contribution in [0.15, 0.2) is 28.9 Å². The van der Waals surface area contributed by atoms with Crippen LogP contribution in [0.5, 0.6) is 0 Å². The molecule has 6 nitrogen and oxygen atoms in total. The fourth-order valence-corrected chi connectivity index (χ4v) is 4.56. The normalized spacial score (nSPS) is 18.8. The monoisotopic (exact) mass is 410 g/mol. The first-order valence-corrected chi connectivity index (χ1v) is 11.4. The first-order chi connectivity index (χ1) is 14.6. The number of aromatic nitrogens is 1. The molecule has 3 heterocycles. The van der Waals surface area contributed by atoms with Crippen molar-refractivity contribution < 1.29 is 9.21 Å². The van der Waals surface area contributed by atoms with Crippen molar-refractivity contribution in [1.29, 1.82) is 0 Å². The lowest BCUT2D eigenvalue weighted by Crippen LogP contribution is -2.50. The van der Waals surface area contributed by atoms with Crippen LogP contribution in [0.1, 0.15) is 66.9 Å². The average molecular weight is 411 g/mol. The Hall–Kier alpha value is -2.34. The summed E-state index contributed by atoms with van der Waals surface area (Å²) in [4.78, 5) is 20.9. The van der Waals surface area contributed by atoms with Gasteiger partial charge in [0.25, 0.3) is 5.91 Å². The van der Waals surface area contributed by atoms with Gasteiger partial charge >= 0.3 is 0 Å². The Kier molecular flexibility index (Phi) is 6.72. The minimum atomic E-state index is 0.0974. The molecule has 0 aromatic carbocycles. The van der Waals surface area contributed by atoms with Crippen LogP contribution < -0.4 is 10.6 Å². The van der Waals surface area contributed by atoms with Crippen LogP contribution in [0.25, 0.3) is 0 Å². The molecular formula is C24H34N4O2. The molecule has 1 unspecified atom stereocenters. The number of piperidine rings is 1. The summed E-state index contributed by atoms with van der Waals surface area (Å²) in [7, 11) is 0. The number of hydrogen-bond donors (Lipinski definition) is 2. The lowest BCUT2D eigenvalue weighted by Gasteiger charge is -2.36. The lowest BCUT2D eigenvalue weighted by atomic mass is 9.94. The van der Waals surface area contributed by atoms with E-state index in [9.17, 15) is 4.79 Å². The van der Waals surface area contributed by atoms with Crippen LogP contribution in [0.4, 0.5) is 5.82 Å².